The lowest BCUT2D eigenvalue weighted by Crippen LogP contribution is -2.39. The molecule has 0 heterocycles. The van der Waals surface area contributed by atoms with E-state index in [0.29, 0.717) is 12.0 Å². The second kappa shape index (κ2) is 6.84. The Morgan fingerprint density at radius 1 is 1.41 bits per heavy atom. The molecule has 0 bridgehead atoms. The van der Waals surface area contributed by atoms with Crippen LogP contribution in [0, 0.1) is 5.41 Å². The highest BCUT2D eigenvalue weighted by molar-refractivity contribution is 5.78. The molecule has 0 atom stereocenters. The highest BCUT2D eigenvalue weighted by Gasteiger charge is 2.18. The summed E-state index contributed by atoms with van der Waals surface area (Å²) in [5.41, 5.74) is 6.05. The van der Waals surface area contributed by atoms with Crippen molar-refractivity contribution in [2.75, 3.05) is 20.3 Å². The van der Waals surface area contributed by atoms with E-state index in [2.05, 4.69) is 24.2 Å². The molecule has 17 heavy (non-hydrogen) atoms. The summed E-state index contributed by atoms with van der Waals surface area (Å²) in [6.45, 7) is 5.91. The number of guanidine groups is 1. The van der Waals surface area contributed by atoms with Crippen molar-refractivity contribution in [3.05, 3.63) is 0 Å². The van der Waals surface area contributed by atoms with E-state index in [4.69, 9.17) is 10.5 Å². The molecule has 100 valence electrons. The molecule has 0 saturated heterocycles. The summed E-state index contributed by atoms with van der Waals surface area (Å²) in [5.74, 6) is 0.599. The molecule has 3 N–H and O–H groups in total. The number of hydrogen-bond donors (Lipinski definition) is 2. The van der Waals surface area contributed by atoms with Crippen LogP contribution in [0.1, 0.15) is 46.0 Å². The quantitative estimate of drug-likeness (QED) is 0.551. The summed E-state index contributed by atoms with van der Waals surface area (Å²) < 4.78 is 5.10. The number of rotatable bonds is 6. The van der Waals surface area contributed by atoms with Gasteiger partial charge in [0.2, 0.25) is 0 Å². The SMILES string of the molecule is COCCC(C)(C)CN=C(N)NC1CCCC1. The normalized spacial score (nSPS) is 18.6. The number of nitrogens with two attached hydrogens (primary N) is 1. The molecule has 0 amide bonds. The Morgan fingerprint density at radius 2 is 2.06 bits per heavy atom. The van der Waals surface area contributed by atoms with Crippen LogP contribution in [0.4, 0.5) is 0 Å². The molecule has 0 radical (unpaired) electrons. The van der Waals surface area contributed by atoms with Crippen LogP contribution < -0.4 is 11.1 Å². The van der Waals surface area contributed by atoms with Crippen LogP contribution in [-0.4, -0.2) is 32.3 Å². The second-order valence-electron chi connectivity index (χ2n) is 5.73. The predicted octanol–water partition coefficient (Wildman–Crippen LogP) is 1.90. The maximum atomic E-state index is 5.90. The van der Waals surface area contributed by atoms with Crippen molar-refractivity contribution in [2.24, 2.45) is 16.1 Å². The molecule has 1 fully saturated rings. The molecule has 4 heteroatoms. The smallest absolute Gasteiger partial charge is 0.188 e. The van der Waals surface area contributed by atoms with Crippen molar-refractivity contribution >= 4 is 5.96 Å². The predicted molar refractivity (Wildman–Crippen MR) is 72.2 cm³/mol. The Bertz CT molecular complexity index is 245. The Labute approximate surface area is 105 Å². The lowest BCUT2D eigenvalue weighted by molar-refractivity contribution is 0.155. The molecule has 4 nitrogen and oxygen atoms in total. The number of hydrogen-bond acceptors (Lipinski definition) is 2. The molecular weight excluding hydrogens is 214 g/mol. The van der Waals surface area contributed by atoms with Gasteiger partial charge in [-0.2, -0.15) is 0 Å². The first-order valence-corrected chi connectivity index (χ1v) is 6.59. The molecule has 1 aliphatic carbocycles. The number of nitrogens with one attached hydrogen (secondary N) is 1. The molecule has 0 aromatic heterocycles. The second-order valence-corrected chi connectivity index (χ2v) is 5.73. The zero-order chi connectivity index (χ0) is 12.7. The minimum atomic E-state index is 0.151. The van der Waals surface area contributed by atoms with E-state index in [0.717, 1.165) is 19.6 Å². The Morgan fingerprint density at radius 3 is 2.65 bits per heavy atom. The first-order valence-electron chi connectivity index (χ1n) is 6.59. The van der Waals surface area contributed by atoms with Gasteiger partial charge < -0.3 is 15.8 Å². The van der Waals surface area contributed by atoms with Crippen LogP contribution in [0.25, 0.3) is 0 Å². The summed E-state index contributed by atoms with van der Waals surface area (Å²) in [5, 5.41) is 3.30. The van der Waals surface area contributed by atoms with E-state index >= 15 is 0 Å². The molecule has 0 aromatic carbocycles. The summed E-state index contributed by atoms with van der Waals surface area (Å²) in [7, 11) is 1.73. The standard InChI is InChI=1S/C13H27N3O/c1-13(2,8-9-17-3)10-15-12(14)16-11-6-4-5-7-11/h11H,4-10H2,1-3H3,(H3,14,15,16). The van der Waals surface area contributed by atoms with Crippen LogP contribution >= 0.6 is 0 Å². The average Bonchev–Trinajstić information content (AvgIpc) is 2.77. The van der Waals surface area contributed by atoms with Gasteiger partial charge >= 0.3 is 0 Å². The number of nitrogens with zero attached hydrogens (tertiary/aromatic N) is 1. The monoisotopic (exact) mass is 241 g/mol. The molecule has 0 aliphatic heterocycles. The van der Waals surface area contributed by atoms with Gasteiger partial charge in [-0.15, -0.1) is 0 Å². The van der Waals surface area contributed by atoms with E-state index in [9.17, 15) is 0 Å². The lowest BCUT2D eigenvalue weighted by Gasteiger charge is -2.22. The summed E-state index contributed by atoms with van der Waals surface area (Å²) in [4.78, 5) is 4.44. The van der Waals surface area contributed by atoms with Gasteiger partial charge in [0.1, 0.15) is 0 Å². The summed E-state index contributed by atoms with van der Waals surface area (Å²) in [6.07, 6.45) is 6.07. The maximum Gasteiger partial charge on any atom is 0.188 e. The van der Waals surface area contributed by atoms with Crippen molar-refractivity contribution < 1.29 is 4.74 Å². The minimum Gasteiger partial charge on any atom is -0.385 e. The van der Waals surface area contributed by atoms with E-state index in [-0.39, 0.29) is 5.41 Å². The van der Waals surface area contributed by atoms with Crippen molar-refractivity contribution in [1.29, 1.82) is 0 Å². The third kappa shape index (κ3) is 5.91. The fraction of sp³-hybridized carbons (Fsp3) is 0.923. The Balaban J connectivity index is 2.29. The van der Waals surface area contributed by atoms with Crippen LogP contribution in [0.2, 0.25) is 0 Å². The van der Waals surface area contributed by atoms with Gasteiger partial charge in [0.05, 0.1) is 0 Å². The van der Waals surface area contributed by atoms with Crippen LogP contribution in [0.3, 0.4) is 0 Å². The van der Waals surface area contributed by atoms with Crippen LogP contribution in [0.5, 0.6) is 0 Å². The molecule has 0 unspecified atom stereocenters. The van der Waals surface area contributed by atoms with Gasteiger partial charge in [0.15, 0.2) is 5.96 Å². The lowest BCUT2D eigenvalue weighted by atomic mass is 9.90. The van der Waals surface area contributed by atoms with E-state index in [1.165, 1.54) is 25.7 Å². The number of aliphatic imine (C=N–C) groups is 1. The largest absolute Gasteiger partial charge is 0.385 e. The Kier molecular flexibility index (Phi) is 5.75. The maximum absolute atomic E-state index is 5.90. The van der Waals surface area contributed by atoms with Crippen molar-refractivity contribution in [3.8, 4) is 0 Å². The molecular formula is C13H27N3O. The first kappa shape index (κ1) is 14.3. The zero-order valence-corrected chi connectivity index (χ0v) is 11.5. The highest BCUT2D eigenvalue weighted by Crippen LogP contribution is 2.20. The number of methoxy groups -OCH3 is 1. The van der Waals surface area contributed by atoms with Crippen molar-refractivity contribution in [3.63, 3.8) is 0 Å². The zero-order valence-electron chi connectivity index (χ0n) is 11.5. The Hall–Kier alpha value is -0.770. The van der Waals surface area contributed by atoms with Gasteiger partial charge in [-0.05, 0) is 24.7 Å². The summed E-state index contributed by atoms with van der Waals surface area (Å²) >= 11 is 0. The molecule has 0 spiro atoms. The van der Waals surface area contributed by atoms with E-state index < -0.39 is 0 Å². The third-order valence-corrected chi connectivity index (χ3v) is 3.37. The van der Waals surface area contributed by atoms with E-state index in [1.54, 1.807) is 7.11 Å². The van der Waals surface area contributed by atoms with Crippen LogP contribution in [-0.2, 0) is 4.74 Å². The van der Waals surface area contributed by atoms with Gasteiger partial charge in [-0.25, -0.2) is 0 Å². The molecule has 1 rings (SSSR count). The van der Waals surface area contributed by atoms with Crippen LogP contribution in [0.15, 0.2) is 4.99 Å². The van der Waals surface area contributed by atoms with Gasteiger partial charge in [-0.3, -0.25) is 4.99 Å². The summed E-state index contributed by atoms with van der Waals surface area (Å²) in [6, 6.07) is 0.542. The number of ether oxygens (including phenoxy) is 1. The highest BCUT2D eigenvalue weighted by atomic mass is 16.5. The first-order chi connectivity index (χ1) is 8.03. The molecule has 1 saturated carbocycles. The van der Waals surface area contributed by atoms with E-state index in [1.807, 2.05) is 0 Å². The average molecular weight is 241 g/mol. The third-order valence-electron chi connectivity index (χ3n) is 3.37. The van der Waals surface area contributed by atoms with Gasteiger partial charge in [0, 0.05) is 26.3 Å². The van der Waals surface area contributed by atoms with Crippen molar-refractivity contribution in [2.45, 2.75) is 52.0 Å². The molecule has 1 aliphatic rings. The topological polar surface area (TPSA) is 59.6 Å². The van der Waals surface area contributed by atoms with Gasteiger partial charge in [0.25, 0.3) is 0 Å². The van der Waals surface area contributed by atoms with Gasteiger partial charge in [-0.1, -0.05) is 26.7 Å². The fourth-order valence-corrected chi connectivity index (χ4v) is 2.08. The van der Waals surface area contributed by atoms with Crippen molar-refractivity contribution in [1.82, 2.24) is 5.32 Å². The minimum absolute atomic E-state index is 0.151. The fourth-order valence-electron chi connectivity index (χ4n) is 2.08. The molecule has 0 aromatic rings.